The van der Waals surface area contributed by atoms with Crippen LogP contribution < -0.4 is 0 Å². The molecule has 0 amide bonds. The van der Waals surface area contributed by atoms with Gasteiger partial charge in [0.05, 0.1) is 12.3 Å². The fourth-order valence-electron chi connectivity index (χ4n) is 2.33. The largest absolute Gasteiger partial charge is 0.338 e. The highest BCUT2D eigenvalue weighted by Crippen LogP contribution is 2.18. The van der Waals surface area contributed by atoms with Crippen molar-refractivity contribution >= 4 is 21.6 Å². The van der Waals surface area contributed by atoms with E-state index in [-0.39, 0.29) is 18.2 Å². The summed E-state index contributed by atoms with van der Waals surface area (Å²) in [5, 5.41) is 4.49. The lowest BCUT2D eigenvalue weighted by molar-refractivity contribution is 0.336. The van der Waals surface area contributed by atoms with Crippen LogP contribution in [-0.4, -0.2) is 29.9 Å². The van der Waals surface area contributed by atoms with Gasteiger partial charge in [-0.05, 0) is 24.6 Å². The molecule has 0 saturated carbocycles. The molecule has 0 spiro atoms. The second-order valence-electron chi connectivity index (χ2n) is 6.02. The van der Waals surface area contributed by atoms with E-state index in [2.05, 4.69) is 10.1 Å². The van der Waals surface area contributed by atoms with Crippen LogP contribution in [0.5, 0.6) is 0 Å². The fraction of sp³-hybridized carbons (Fsp3) is 0.222. The van der Waals surface area contributed by atoms with Crippen molar-refractivity contribution in [3.05, 3.63) is 70.6 Å². The Kier molecular flexibility index (Phi) is 5.41. The number of aryl methyl sites for hydroxylation is 1. The number of nitrogens with zero attached hydrogens (tertiary/aromatic N) is 3. The van der Waals surface area contributed by atoms with Crippen LogP contribution in [0.4, 0.5) is 0 Å². The average Bonchev–Trinajstić information content (AvgIpc) is 3.06. The normalized spacial score (nSPS) is 11.8. The van der Waals surface area contributed by atoms with Gasteiger partial charge in [0.2, 0.25) is 21.7 Å². The van der Waals surface area contributed by atoms with Crippen LogP contribution in [0.2, 0.25) is 5.02 Å². The molecular formula is C18H18ClN3O3S. The Morgan fingerprint density at radius 1 is 1.08 bits per heavy atom. The molecule has 3 rings (SSSR count). The van der Waals surface area contributed by atoms with Gasteiger partial charge >= 0.3 is 0 Å². The van der Waals surface area contributed by atoms with Crippen LogP contribution in [0.1, 0.15) is 17.0 Å². The highest BCUT2D eigenvalue weighted by Gasteiger charge is 2.21. The molecule has 0 radical (unpaired) electrons. The van der Waals surface area contributed by atoms with Gasteiger partial charge in [0.25, 0.3) is 0 Å². The van der Waals surface area contributed by atoms with Crippen molar-refractivity contribution < 1.29 is 12.9 Å². The van der Waals surface area contributed by atoms with Crippen LogP contribution in [0.3, 0.4) is 0 Å². The van der Waals surface area contributed by atoms with Crippen molar-refractivity contribution in [2.75, 3.05) is 7.05 Å². The number of sulfonamides is 1. The number of rotatable bonds is 6. The van der Waals surface area contributed by atoms with Gasteiger partial charge in [-0.2, -0.15) is 9.29 Å². The topological polar surface area (TPSA) is 76.3 Å². The second-order valence-corrected chi connectivity index (χ2v) is 8.53. The van der Waals surface area contributed by atoms with Gasteiger partial charge in [0.1, 0.15) is 0 Å². The van der Waals surface area contributed by atoms with Gasteiger partial charge < -0.3 is 4.52 Å². The third-order valence-corrected chi connectivity index (χ3v) is 5.90. The maximum absolute atomic E-state index is 12.5. The van der Waals surface area contributed by atoms with Gasteiger partial charge in [0, 0.05) is 17.6 Å². The van der Waals surface area contributed by atoms with Crippen LogP contribution >= 0.6 is 11.6 Å². The first-order valence-corrected chi connectivity index (χ1v) is 9.90. The zero-order valence-electron chi connectivity index (χ0n) is 14.4. The van der Waals surface area contributed by atoms with E-state index < -0.39 is 10.0 Å². The standard InChI is InChI=1S/C18H18ClN3O3S/c1-13-3-7-15(8-4-13)18-20-17(25-21-18)11-22(2)26(23,24)12-14-5-9-16(19)10-6-14/h3-10H,11-12H2,1-2H3. The molecule has 26 heavy (non-hydrogen) atoms. The van der Waals surface area contributed by atoms with Crippen molar-refractivity contribution in [2.24, 2.45) is 0 Å². The van der Waals surface area contributed by atoms with Crippen LogP contribution in [0.15, 0.2) is 53.1 Å². The molecule has 1 aromatic heterocycles. The summed E-state index contributed by atoms with van der Waals surface area (Å²) in [5.74, 6) is 0.547. The van der Waals surface area contributed by atoms with Crippen molar-refractivity contribution in [3.8, 4) is 11.4 Å². The molecule has 8 heteroatoms. The average molecular weight is 392 g/mol. The smallest absolute Gasteiger partial charge is 0.242 e. The van der Waals surface area contributed by atoms with Gasteiger partial charge in [-0.15, -0.1) is 0 Å². The lowest BCUT2D eigenvalue weighted by atomic mass is 10.1. The van der Waals surface area contributed by atoms with E-state index in [0.29, 0.717) is 16.4 Å². The highest BCUT2D eigenvalue weighted by molar-refractivity contribution is 7.88. The van der Waals surface area contributed by atoms with Crippen molar-refractivity contribution in [1.82, 2.24) is 14.4 Å². The summed E-state index contributed by atoms with van der Waals surface area (Å²) in [5.41, 5.74) is 2.61. The maximum atomic E-state index is 12.5. The molecular weight excluding hydrogens is 374 g/mol. The number of aromatic nitrogens is 2. The first kappa shape index (κ1) is 18.6. The van der Waals surface area contributed by atoms with Gasteiger partial charge in [0.15, 0.2) is 0 Å². The van der Waals surface area contributed by atoms with Gasteiger partial charge in [-0.25, -0.2) is 8.42 Å². The Labute approximate surface area is 157 Å². The minimum Gasteiger partial charge on any atom is -0.338 e. The third kappa shape index (κ3) is 4.49. The summed E-state index contributed by atoms with van der Waals surface area (Å²) in [6.45, 7) is 2.00. The van der Waals surface area contributed by atoms with E-state index in [1.807, 2.05) is 31.2 Å². The minimum absolute atomic E-state index is 0.00871. The van der Waals surface area contributed by atoms with E-state index in [1.54, 1.807) is 24.3 Å². The van der Waals surface area contributed by atoms with Crippen LogP contribution in [0.25, 0.3) is 11.4 Å². The predicted molar refractivity (Wildman–Crippen MR) is 100 cm³/mol. The molecule has 0 bridgehead atoms. The summed E-state index contributed by atoms with van der Waals surface area (Å²) < 4.78 is 31.4. The number of benzene rings is 2. The van der Waals surface area contributed by atoms with Gasteiger partial charge in [-0.3, -0.25) is 0 Å². The van der Waals surface area contributed by atoms with E-state index in [4.69, 9.17) is 16.1 Å². The molecule has 6 nitrogen and oxygen atoms in total. The first-order chi connectivity index (χ1) is 12.3. The number of halogens is 1. The third-order valence-electron chi connectivity index (χ3n) is 3.87. The Morgan fingerprint density at radius 2 is 1.73 bits per heavy atom. The van der Waals surface area contributed by atoms with Crippen molar-refractivity contribution in [3.63, 3.8) is 0 Å². The van der Waals surface area contributed by atoms with Gasteiger partial charge in [-0.1, -0.05) is 58.7 Å². The molecule has 0 unspecified atom stereocenters. The Morgan fingerprint density at radius 3 is 2.38 bits per heavy atom. The van der Waals surface area contributed by atoms with E-state index in [9.17, 15) is 8.42 Å². The molecule has 0 aliphatic heterocycles. The molecule has 0 N–H and O–H groups in total. The van der Waals surface area contributed by atoms with E-state index in [0.717, 1.165) is 11.1 Å². The molecule has 1 heterocycles. The Hall–Kier alpha value is -2.22. The number of hydrogen-bond acceptors (Lipinski definition) is 5. The summed E-state index contributed by atoms with van der Waals surface area (Å²) in [6.07, 6.45) is 0. The quantitative estimate of drug-likeness (QED) is 0.640. The zero-order chi connectivity index (χ0) is 18.7. The molecule has 0 atom stereocenters. The minimum atomic E-state index is -3.52. The molecule has 136 valence electrons. The molecule has 0 saturated heterocycles. The molecule has 0 aliphatic rings. The van der Waals surface area contributed by atoms with Crippen LogP contribution in [0, 0.1) is 6.92 Å². The monoisotopic (exact) mass is 391 g/mol. The fourth-order valence-corrected chi connectivity index (χ4v) is 3.60. The van der Waals surface area contributed by atoms with E-state index >= 15 is 0 Å². The SMILES string of the molecule is Cc1ccc(-c2noc(CN(C)S(=O)(=O)Cc3ccc(Cl)cc3)n2)cc1. The van der Waals surface area contributed by atoms with Crippen LogP contribution in [-0.2, 0) is 22.3 Å². The highest BCUT2D eigenvalue weighted by atomic mass is 35.5. The summed E-state index contributed by atoms with van der Waals surface area (Å²) in [7, 11) is -2.04. The molecule has 0 fully saturated rings. The number of hydrogen-bond donors (Lipinski definition) is 0. The molecule has 0 aliphatic carbocycles. The Bertz CT molecular complexity index is 983. The first-order valence-electron chi connectivity index (χ1n) is 7.91. The zero-order valence-corrected chi connectivity index (χ0v) is 16.0. The van der Waals surface area contributed by atoms with Crippen molar-refractivity contribution in [1.29, 1.82) is 0 Å². The second kappa shape index (κ2) is 7.57. The maximum Gasteiger partial charge on any atom is 0.242 e. The van der Waals surface area contributed by atoms with Crippen molar-refractivity contribution in [2.45, 2.75) is 19.2 Å². The summed E-state index contributed by atoms with van der Waals surface area (Å²) in [6, 6.07) is 14.4. The Balaban J connectivity index is 1.70. The van der Waals surface area contributed by atoms with E-state index in [1.165, 1.54) is 11.4 Å². The molecule has 2 aromatic carbocycles. The lowest BCUT2D eigenvalue weighted by Crippen LogP contribution is -2.27. The summed E-state index contributed by atoms with van der Waals surface area (Å²) in [4.78, 5) is 4.28. The predicted octanol–water partition coefficient (Wildman–Crippen LogP) is 3.66. The summed E-state index contributed by atoms with van der Waals surface area (Å²) >= 11 is 5.83. The lowest BCUT2D eigenvalue weighted by Gasteiger charge is -2.15. The molecule has 3 aromatic rings.